The lowest BCUT2D eigenvalue weighted by atomic mass is 9.95. The number of nitrogens with two attached hydrogens (primary N) is 1. The second-order valence-electron chi connectivity index (χ2n) is 5.32. The molecule has 2 unspecified atom stereocenters. The van der Waals surface area contributed by atoms with Crippen LogP contribution in [-0.4, -0.2) is 47.5 Å². The Morgan fingerprint density at radius 2 is 2.32 bits per heavy atom. The fourth-order valence-corrected chi connectivity index (χ4v) is 2.23. The molecule has 1 fully saturated rings. The molecule has 6 heteroatoms. The largest absolute Gasteiger partial charge is 0.381 e. The molecule has 3 N–H and O–H groups in total. The first-order valence-corrected chi connectivity index (χ1v) is 7.20. The van der Waals surface area contributed by atoms with Crippen LogP contribution in [0.5, 0.6) is 0 Å². The second-order valence-corrected chi connectivity index (χ2v) is 5.32. The SMILES string of the molecule is CCCOCCc1nc(N2CCC(C)C(N)C2)n[nH]1. The summed E-state index contributed by atoms with van der Waals surface area (Å²) in [4.78, 5) is 6.68. The number of H-pyrrole nitrogens is 1. The normalized spacial score (nSPS) is 23.8. The highest BCUT2D eigenvalue weighted by Crippen LogP contribution is 2.19. The molecule has 0 amide bonds. The van der Waals surface area contributed by atoms with Crippen LogP contribution in [0.4, 0.5) is 5.95 Å². The van der Waals surface area contributed by atoms with Crippen molar-refractivity contribution in [1.29, 1.82) is 0 Å². The monoisotopic (exact) mass is 267 g/mol. The fraction of sp³-hybridized carbons (Fsp3) is 0.846. The Kier molecular flexibility index (Phi) is 5.15. The van der Waals surface area contributed by atoms with Gasteiger partial charge < -0.3 is 15.4 Å². The number of piperidine rings is 1. The zero-order chi connectivity index (χ0) is 13.7. The minimum absolute atomic E-state index is 0.212. The molecule has 6 nitrogen and oxygen atoms in total. The molecule has 0 saturated carbocycles. The van der Waals surface area contributed by atoms with Gasteiger partial charge >= 0.3 is 0 Å². The summed E-state index contributed by atoms with van der Waals surface area (Å²) in [5.74, 6) is 2.24. The maximum absolute atomic E-state index is 6.10. The van der Waals surface area contributed by atoms with Crippen LogP contribution in [0.1, 0.15) is 32.5 Å². The number of hydrogen-bond donors (Lipinski definition) is 2. The number of nitrogens with zero attached hydrogens (tertiary/aromatic N) is 3. The van der Waals surface area contributed by atoms with E-state index in [4.69, 9.17) is 10.5 Å². The summed E-state index contributed by atoms with van der Waals surface area (Å²) in [5, 5.41) is 7.26. The molecule has 0 bridgehead atoms. The lowest BCUT2D eigenvalue weighted by Gasteiger charge is -2.34. The molecule has 0 radical (unpaired) electrons. The summed E-state index contributed by atoms with van der Waals surface area (Å²) < 4.78 is 5.45. The Morgan fingerprint density at radius 1 is 1.47 bits per heavy atom. The summed E-state index contributed by atoms with van der Waals surface area (Å²) >= 11 is 0. The zero-order valence-corrected chi connectivity index (χ0v) is 11.9. The zero-order valence-electron chi connectivity index (χ0n) is 11.9. The van der Waals surface area contributed by atoms with Crippen molar-refractivity contribution in [1.82, 2.24) is 15.2 Å². The average Bonchev–Trinajstić information content (AvgIpc) is 2.87. The Balaban J connectivity index is 1.83. The quantitative estimate of drug-likeness (QED) is 0.750. The van der Waals surface area contributed by atoms with Crippen LogP contribution in [0.25, 0.3) is 0 Å². The molecule has 2 rings (SSSR count). The third-order valence-electron chi connectivity index (χ3n) is 3.65. The average molecular weight is 267 g/mol. The van der Waals surface area contributed by atoms with Gasteiger partial charge in [-0.2, -0.15) is 4.98 Å². The van der Waals surface area contributed by atoms with Gasteiger partial charge in [-0.3, -0.25) is 5.10 Å². The molecule has 108 valence electrons. The van der Waals surface area contributed by atoms with Gasteiger partial charge in [0, 0.05) is 32.2 Å². The fourth-order valence-electron chi connectivity index (χ4n) is 2.23. The molecule has 0 spiro atoms. The Morgan fingerprint density at radius 3 is 3.05 bits per heavy atom. The van der Waals surface area contributed by atoms with E-state index in [0.29, 0.717) is 12.5 Å². The number of aromatic nitrogens is 3. The summed E-state index contributed by atoms with van der Waals surface area (Å²) in [6.45, 7) is 7.63. The molecule has 1 aromatic rings. The molecule has 2 atom stereocenters. The molecule has 1 aliphatic rings. The van der Waals surface area contributed by atoms with Crippen molar-refractivity contribution in [2.24, 2.45) is 11.7 Å². The maximum atomic E-state index is 6.10. The highest BCUT2D eigenvalue weighted by Gasteiger charge is 2.25. The van der Waals surface area contributed by atoms with E-state index >= 15 is 0 Å². The van der Waals surface area contributed by atoms with E-state index in [1.54, 1.807) is 0 Å². The molecule has 1 aliphatic heterocycles. The predicted molar refractivity (Wildman–Crippen MR) is 75.2 cm³/mol. The van der Waals surface area contributed by atoms with Gasteiger partial charge in [0.2, 0.25) is 5.95 Å². The van der Waals surface area contributed by atoms with Gasteiger partial charge in [-0.25, -0.2) is 0 Å². The molecule has 19 heavy (non-hydrogen) atoms. The van der Waals surface area contributed by atoms with Crippen LogP contribution in [0, 0.1) is 5.92 Å². The van der Waals surface area contributed by atoms with Gasteiger partial charge in [-0.05, 0) is 18.8 Å². The number of ether oxygens (including phenoxy) is 1. The highest BCUT2D eigenvalue weighted by atomic mass is 16.5. The standard InChI is InChI=1S/C13H25N5O/c1-3-7-19-8-5-12-15-13(17-16-12)18-6-4-10(2)11(14)9-18/h10-11H,3-9,14H2,1-2H3,(H,15,16,17). The van der Waals surface area contributed by atoms with Crippen LogP contribution in [-0.2, 0) is 11.2 Å². The molecular weight excluding hydrogens is 242 g/mol. The third-order valence-corrected chi connectivity index (χ3v) is 3.65. The Hall–Kier alpha value is -1.14. The van der Waals surface area contributed by atoms with Crippen molar-refractivity contribution < 1.29 is 4.74 Å². The Bertz CT molecular complexity index is 381. The van der Waals surface area contributed by atoms with E-state index < -0.39 is 0 Å². The maximum Gasteiger partial charge on any atom is 0.244 e. The van der Waals surface area contributed by atoms with Crippen molar-refractivity contribution in [3.8, 4) is 0 Å². The summed E-state index contributed by atoms with van der Waals surface area (Å²) in [6.07, 6.45) is 2.93. The lowest BCUT2D eigenvalue weighted by Crippen LogP contribution is -2.48. The van der Waals surface area contributed by atoms with Crippen LogP contribution in [0.3, 0.4) is 0 Å². The summed E-state index contributed by atoms with van der Waals surface area (Å²) in [7, 11) is 0. The minimum atomic E-state index is 0.212. The topological polar surface area (TPSA) is 80.1 Å². The first kappa shape index (κ1) is 14.3. The summed E-state index contributed by atoms with van der Waals surface area (Å²) in [6, 6.07) is 0.212. The van der Waals surface area contributed by atoms with Crippen molar-refractivity contribution in [3.05, 3.63) is 5.82 Å². The van der Waals surface area contributed by atoms with Crippen molar-refractivity contribution in [2.45, 2.75) is 39.2 Å². The van der Waals surface area contributed by atoms with Crippen LogP contribution in [0.2, 0.25) is 0 Å². The predicted octanol–water partition coefficient (Wildman–Crippen LogP) is 0.947. The highest BCUT2D eigenvalue weighted by molar-refractivity contribution is 5.30. The van der Waals surface area contributed by atoms with Gasteiger partial charge in [-0.15, -0.1) is 5.10 Å². The number of aromatic amines is 1. The van der Waals surface area contributed by atoms with Crippen LogP contribution in [0.15, 0.2) is 0 Å². The minimum Gasteiger partial charge on any atom is -0.381 e. The number of hydrogen-bond acceptors (Lipinski definition) is 5. The molecule has 0 aromatic carbocycles. The van der Waals surface area contributed by atoms with E-state index in [1.807, 2.05) is 0 Å². The van der Waals surface area contributed by atoms with Gasteiger partial charge in [-0.1, -0.05) is 13.8 Å². The van der Waals surface area contributed by atoms with Crippen molar-refractivity contribution in [3.63, 3.8) is 0 Å². The second kappa shape index (κ2) is 6.86. The molecule has 2 heterocycles. The van der Waals surface area contributed by atoms with Crippen LogP contribution < -0.4 is 10.6 Å². The van der Waals surface area contributed by atoms with E-state index in [2.05, 4.69) is 33.9 Å². The Labute approximate surface area is 114 Å². The van der Waals surface area contributed by atoms with Gasteiger partial charge in [0.1, 0.15) is 5.82 Å². The molecule has 1 saturated heterocycles. The first-order chi connectivity index (χ1) is 9.20. The number of anilines is 1. The number of rotatable bonds is 6. The molecular formula is C13H25N5O. The third kappa shape index (κ3) is 3.91. The molecule has 0 aliphatic carbocycles. The van der Waals surface area contributed by atoms with E-state index in [9.17, 15) is 0 Å². The van der Waals surface area contributed by atoms with E-state index in [0.717, 1.165) is 50.7 Å². The smallest absolute Gasteiger partial charge is 0.244 e. The van der Waals surface area contributed by atoms with Crippen molar-refractivity contribution >= 4 is 5.95 Å². The first-order valence-electron chi connectivity index (χ1n) is 7.20. The van der Waals surface area contributed by atoms with Gasteiger partial charge in [0.25, 0.3) is 0 Å². The molecule has 1 aromatic heterocycles. The van der Waals surface area contributed by atoms with Crippen LogP contribution >= 0.6 is 0 Å². The van der Waals surface area contributed by atoms with E-state index in [1.165, 1.54) is 0 Å². The van der Waals surface area contributed by atoms with E-state index in [-0.39, 0.29) is 6.04 Å². The number of nitrogens with one attached hydrogen (secondary N) is 1. The van der Waals surface area contributed by atoms with Gasteiger partial charge in [0.05, 0.1) is 6.61 Å². The summed E-state index contributed by atoms with van der Waals surface area (Å²) in [5.41, 5.74) is 6.10. The van der Waals surface area contributed by atoms with Gasteiger partial charge in [0.15, 0.2) is 0 Å². The van der Waals surface area contributed by atoms with Crippen molar-refractivity contribution in [2.75, 3.05) is 31.2 Å². The lowest BCUT2D eigenvalue weighted by molar-refractivity contribution is 0.136.